The second kappa shape index (κ2) is 7.57. The second-order valence-corrected chi connectivity index (χ2v) is 6.27. The lowest BCUT2D eigenvalue weighted by Gasteiger charge is -2.27. The fourth-order valence-electron chi connectivity index (χ4n) is 2.43. The summed E-state index contributed by atoms with van der Waals surface area (Å²) in [6, 6.07) is 11.5. The van der Waals surface area contributed by atoms with Gasteiger partial charge in [0.1, 0.15) is 5.82 Å². The van der Waals surface area contributed by atoms with E-state index in [2.05, 4.69) is 31.1 Å². The number of ether oxygens (including phenoxy) is 1. The highest BCUT2D eigenvalue weighted by Crippen LogP contribution is 2.16. The van der Waals surface area contributed by atoms with E-state index in [1.807, 2.05) is 36.4 Å². The molecule has 1 aliphatic heterocycles. The first-order valence-corrected chi connectivity index (χ1v) is 8.33. The van der Waals surface area contributed by atoms with Gasteiger partial charge in [0.05, 0.1) is 31.5 Å². The zero-order valence-electron chi connectivity index (χ0n) is 12.7. The molecule has 2 aromatic rings. The Morgan fingerprint density at radius 2 is 1.91 bits per heavy atom. The van der Waals surface area contributed by atoms with Crippen molar-refractivity contribution >= 4 is 33.3 Å². The molecule has 6 heteroatoms. The lowest BCUT2D eigenvalue weighted by Crippen LogP contribution is -2.36. The fraction of sp³-hybridized carbons (Fsp3) is 0.294. The molecule has 2 heterocycles. The highest BCUT2D eigenvalue weighted by atomic mass is 79.9. The topological polar surface area (TPSA) is 54.5 Å². The predicted octanol–water partition coefficient (Wildman–Crippen LogP) is 2.86. The zero-order valence-corrected chi connectivity index (χ0v) is 14.3. The van der Waals surface area contributed by atoms with Gasteiger partial charge in [0, 0.05) is 17.6 Å². The van der Waals surface area contributed by atoms with Crippen molar-refractivity contribution in [3.8, 4) is 0 Å². The fourth-order valence-corrected chi connectivity index (χ4v) is 2.70. The minimum absolute atomic E-state index is 0.0479. The summed E-state index contributed by atoms with van der Waals surface area (Å²) < 4.78 is 6.34. The lowest BCUT2D eigenvalue weighted by atomic mass is 10.1. The van der Waals surface area contributed by atoms with E-state index >= 15 is 0 Å². The van der Waals surface area contributed by atoms with Gasteiger partial charge in [-0.2, -0.15) is 0 Å². The molecule has 1 fully saturated rings. The molecule has 1 aliphatic rings. The number of pyridine rings is 1. The summed E-state index contributed by atoms with van der Waals surface area (Å²) in [6.07, 6.45) is 2.04. The van der Waals surface area contributed by atoms with Crippen LogP contribution in [0.3, 0.4) is 0 Å². The van der Waals surface area contributed by atoms with Crippen LogP contribution in [0.1, 0.15) is 5.56 Å². The quantitative estimate of drug-likeness (QED) is 0.892. The maximum atomic E-state index is 12.1. The maximum Gasteiger partial charge on any atom is 0.228 e. The Balaban J connectivity index is 1.57. The van der Waals surface area contributed by atoms with Crippen LogP contribution in [0.25, 0.3) is 0 Å². The molecule has 0 atom stereocenters. The van der Waals surface area contributed by atoms with E-state index < -0.39 is 0 Å². The van der Waals surface area contributed by atoms with Gasteiger partial charge in [0.25, 0.3) is 0 Å². The van der Waals surface area contributed by atoms with Gasteiger partial charge >= 0.3 is 0 Å². The Morgan fingerprint density at radius 1 is 1.17 bits per heavy atom. The molecule has 1 aromatic carbocycles. The highest BCUT2D eigenvalue weighted by molar-refractivity contribution is 9.10. The van der Waals surface area contributed by atoms with E-state index in [0.29, 0.717) is 12.1 Å². The minimum atomic E-state index is -0.0479. The zero-order chi connectivity index (χ0) is 16.1. The van der Waals surface area contributed by atoms with Crippen molar-refractivity contribution in [1.82, 2.24) is 4.98 Å². The van der Waals surface area contributed by atoms with Crippen LogP contribution in [0.4, 0.5) is 11.5 Å². The number of hydrogen-bond donors (Lipinski definition) is 1. The maximum absolute atomic E-state index is 12.1. The number of anilines is 2. The number of rotatable bonds is 4. The monoisotopic (exact) mass is 375 g/mol. The minimum Gasteiger partial charge on any atom is -0.378 e. The summed E-state index contributed by atoms with van der Waals surface area (Å²) in [6.45, 7) is 3.16. The third-order valence-electron chi connectivity index (χ3n) is 3.64. The number of nitrogens with one attached hydrogen (secondary N) is 1. The first kappa shape index (κ1) is 16.0. The molecule has 0 radical (unpaired) electrons. The van der Waals surface area contributed by atoms with Crippen molar-refractivity contribution in [3.63, 3.8) is 0 Å². The number of morpholine rings is 1. The lowest BCUT2D eigenvalue weighted by molar-refractivity contribution is -0.115. The smallest absolute Gasteiger partial charge is 0.228 e. The van der Waals surface area contributed by atoms with Gasteiger partial charge in [0.2, 0.25) is 5.91 Å². The van der Waals surface area contributed by atoms with Crippen LogP contribution in [0.2, 0.25) is 0 Å². The van der Waals surface area contributed by atoms with Gasteiger partial charge in [-0.3, -0.25) is 4.79 Å². The number of amides is 1. The van der Waals surface area contributed by atoms with Crippen LogP contribution >= 0.6 is 15.9 Å². The molecule has 3 rings (SSSR count). The molecular weight excluding hydrogens is 358 g/mol. The summed E-state index contributed by atoms with van der Waals surface area (Å²) >= 11 is 3.38. The van der Waals surface area contributed by atoms with E-state index in [4.69, 9.17) is 4.74 Å². The van der Waals surface area contributed by atoms with Crippen molar-refractivity contribution in [2.24, 2.45) is 0 Å². The van der Waals surface area contributed by atoms with Crippen LogP contribution in [0, 0.1) is 0 Å². The van der Waals surface area contributed by atoms with Crippen molar-refractivity contribution in [1.29, 1.82) is 0 Å². The number of halogens is 1. The summed E-state index contributed by atoms with van der Waals surface area (Å²) in [5, 5.41) is 2.88. The summed E-state index contributed by atoms with van der Waals surface area (Å²) in [5.74, 6) is 0.868. The summed E-state index contributed by atoms with van der Waals surface area (Å²) in [4.78, 5) is 18.7. The van der Waals surface area contributed by atoms with Gasteiger partial charge in [-0.1, -0.05) is 28.1 Å². The first-order chi connectivity index (χ1) is 11.2. The average molecular weight is 376 g/mol. The van der Waals surface area contributed by atoms with E-state index in [1.165, 1.54) is 0 Å². The van der Waals surface area contributed by atoms with Crippen LogP contribution in [0.15, 0.2) is 47.1 Å². The van der Waals surface area contributed by atoms with Crippen LogP contribution < -0.4 is 10.2 Å². The number of carbonyl (C=O) groups is 1. The molecule has 0 bridgehead atoms. The molecule has 1 saturated heterocycles. The van der Waals surface area contributed by atoms with Gasteiger partial charge < -0.3 is 15.0 Å². The number of nitrogens with zero attached hydrogens (tertiary/aromatic N) is 2. The van der Waals surface area contributed by atoms with Gasteiger partial charge in [-0.15, -0.1) is 0 Å². The molecule has 0 spiro atoms. The van der Waals surface area contributed by atoms with E-state index in [-0.39, 0.29) is 5.91 Å². The van der Waals surface area contributed by atoms with Gasteiger partial charge in [0.15, 0.2) is 0 Å². The van der Waals surface area contributed by atoms with E-state index in [9.17, 15) is 4.79 Å². The standard InChI is InChI=1S/C17H18BrN3O2/c18-14-3-1-13(2-4-14)11-17(22)20-15-5-6-16(19-12-15)21-7-9-23-10-8-21/h1-6,12H,7-11H2,(H,20,22). The number of aromatic nitrogens is 1. The molecule has 23 heavy (non-hydrogen) atoms. The number of hydrogen-bond acceptors (Lipinski definition) is 4. The average Bonchev–Trinajstić information content (AvgIpc) is 2.58. The number of benzene rings is 1. The third-order valence-corrected chi connectivity index (χ3v) is 4.17. The Labute approximate surface area is 143 Å². The Bertz CT molecular complexity index is 653. The van der Waals surface area contributed by atoms with Crippen molar-refractivity contribution in [2.75, 3.05) is 36.5 Å². The third kappa shape index (κ3) is 4.53. The molecule has 0 aliphatic carbocycles. The molecule has 1 N–H and O–H groups in total. The van der Waals surface area contributed by atoms with Gasteiger partial charge in [-0.05, 0) is 29.8 Å². The summed E-state index contributed by atoms with van der Waals surface area (Å²) in [7, 11) is 0. The molecule has 1 amide bonds. The molecule has 1 aromatic heterocycles. The molecule has 120 valence electrons. The normalized spacial score (nSPS) is 14.6. The van der Waals surface area contributed by atoms with E-state index in [0.717, 1.165) is 42.2 Å². The molecule has 0 unspecified atom stereocenters. The van der Waals surface area contributed by atoms with Gasteiger partial charge in [-0.25, -0.2) is 4.98 Å². The summed E-state index contributed by atoms with van der Waals surface area (Å²) in [5.41, 5.74) is 1.69. The second-order valence-electron chi connectivity index (χ2n) is 5.36. The Morgan fingerprint density at radius 3 is 2.57 bits per heavy atom. The highest BCUT2D eigenvalue weighted by Gasteiger charge is 2.12. The molecule has 0 saturated carbocycles. The SMILES string of the molecule is O=C(Cc1ccc(Br)cc1)Nc1ccc(N2CCOCC2)nc1. The van der Waals surface area contributed by atoms with Crippen LogP contribution in [0.5, 0.6) is 0 Å². The largest absolute Gasteiger partial charge is 0.378 e. The van der Waals surface area contributed by atoms with E-state index in [1.54, 1.807) is 6.20 Å². The predicted molar refractivity (Wildman–Crippen MR) is 93.7 cm³/mol. The first-order valence-electron chi connectivity index (χ1n) is 7.54. The molecule has 5 nitrogen and oxygen atoms in total. The molecular formula is C17H18BrN3O2. The Hall–Kier alpha value is -1.92. The van der Waals surface area contributed by atoms with Crippen LogP contribution in [-0.4, -0.2) is 37.2 Å². The Kier molecular flexibility index (Phi) is 5.25. The van der Waals surface area contributed by atoms with Crippen LogP contribution in [-0.2, 0) is 16.0 Å². The van der Waals surface area contributed by atoms with Crippen molar-refractivity contribution < 1.29 is 9.53 Å². The van der Waals surface area contributed by atoms with Crippen molar-refractivity contribution in [3.05, 3.63) is 52.6 Å². The van der Waals surface area contributed by atoms with Crippen molar-refractivity contribution in [2.45, 2.75) is 6.42 Å². The number of carbonyl (C=O) groups excluding carboxylic acids is 1.